The van der Waals surface area contributed by atoms with Crippen LogP contribution in [0.15, 0.2) is 60.8 Å². The quantitative estimate of drug-likeness (QED) is 0.345. The van der Waals surface area contributed by atoms with Crippen molar-refractivity contribution in [3.8, 4) is 11.5 Å². The molecule has 0 spiro atoms. The van der Waals surface area contributed by atoms with Crippen molar-refractivity contribution in [2.45, 2.75) is 6.54 Å². The summed E-state index contributed by atoms with van der Waals surface area (Å²) in [6.45, 7) is 0.518. The predicted molar refractivity (Wildman–Crippen MR) is 118 cm³/mol. The summed E-state index contributed by atoms with van der Waals surface area (Å²) >= 11 is 6.48. The van der Waals surface area contributed by atoms with Crippen molar-refractivity contribution in [2.75, 3.05) is 33.1 Å². The molecule has 0 fully saturated rings. The van der Waals surface area contributed by atoms with E-state index in [2.05, 4.69) is 10.3 Å². The van der Waals surface area contributed by atoms with E-state index >= 15 is 0 Å². The summed E-state index contributed by atoms with van der Waals surface area (Å²) in [4.78, 5) is 17.5. The molecule has 8 heteroatoms. The molecule has 3 rings (SSSR count). The summed E-state index contributed by atoms with van der Waals surface area (Å²) in [6.07, 6.45) is 1.51. The Morgan fingerprint density at radius 2 is 1.68 bits per heavy atom. The Bertz CT molecular complexity index is 1010. The lowest BCUT2D eigenvalue weighted by atomic mass is 10.0. The molecule has 31 heavy (non-hydrogen) atoms. The van der Waals surface area contributed by atoms with E-state index in [4.69, 9.17) is 30.5 Å². The standard InChI is InChI=1S/C23H23ClN2O5/c1-28-14-30-20-9-6-10-25-22(20)23(27)17-11-18(24)19(12-21(17)31-15-29-2)26-13-16-7-4-3-5-8-16/h3-12,26H,13-15H2,1-2H3. The van der Waals surface area contributed by atoms with Crippen molar-refractivity contribution in [3.05, 3.63) is 82.6 Å². The molecule has 1 N–H and O–H groups in total. The van der Waals surface area contributed by atoms with Gasteiger partial charge in [0.1, 0.15) is 5.75 Å². The minimum absolute atomic E-state index is 0.0118. The first-order chi connectivity index (χ1) is 15.1. The number of pyridine rings is 1. The van der Waals surface area contributed by atoms with Crippen LogP contribution in [0.5, 0.6) is 11.5 Å². The van der Waals surface area contributed by atoms with Crippen LogP contribution in [-0.2, 0) is 16.0 Å². The highest BCUT2D eigenvalue weighted by Gasteiger charge is 2.22. The second-order valence-electron chi connectivity index (χ2n) is 6.45. The maximum absolute atomic E-state index is 13.3. The van der Waals surface area contributed by atoms with Crippen LogP contribution in [0.25, 0.3) is 0 Å². The van der Waals surface area contributed by atoms with Gasteiger partial charge in [0.15, 0.2) is 25.0 Å². The number of hydrogen-bond acceptors (Lipinski definition) is 7. The molecule has 0 aliphatic heterocycles. The van der Waals surface area contributed by atoms with Crippen LogP contribution in [0.4, 0.5) is 5.69 Å². The third-order valence-electron chi connectivity index (χ3n) is 4.29. The number of carbonyl (C=O) groups is 1. The Morgan fingerprint density at radius 3 is 2.39 bits per heavy atom. The molecule has 0 unspecified atom stereocenters. The largest absolute Gasteiger partial charge is 0.467 e. The molecule has 0 aliphatic rings. The van der Waals surface area contributed by atoms with E-state index in [0.717, 1.165) is 5.56 Å². The summed E-state index contributed by atoms with van der Waals surface area (Å²) in [7, 11) is 3.00. The molecule has 3 aromatic rings. The number of halogens is 1. The smallest absolute Gasteiger partial charge is 0.218 e. The number of aromatic nitrogens is 1. The van der Waals surface area contributed by atoms with Gasteiger partial charge >= 0.3 is 0 Å². The first-order valence-corrected chi connectivity index (χ1v) is 9.86. The molecule has 2 aromatic carbocycles. The molecule has 0 aliphatic carbocycles. The number of nitrogens with one attached hydrogen (secondary N) is 1. The molecular weight excluding hydrogens is 420 g/mol. The zero-order chi connectivity index (χ0) is 22.1. The number of nitrogens with zero attached hydrogens (tertiary/aromatic N) is 1. The number of ketones is 1. The second-order valence-corrected chi connectivity index (χ2v) is 6.86. The van der Waals surface area contributed by atoms with E-state index in [1.165, 1.54) is 20.4 Å². The van der Waals surface area contributed by atoms with E-state index in [0.29, 0.717) is 28.8 Å². The molecule has 1 aromatic heterocycles. The third-order valence-corrected chi connectivity index (χ3v) is 4.60. The number of methoxy groups -OCH3 is 2. The third kappa shape index (κ3) is 5.95. The van der Waals surface area contributed by atoms with Crippen molar-refractivity contribution in [3.63, 3.8) is 0 Å². The Hall–Kier alpha value is -3.13. The molecular formula is C23H23ClN2O5. The van der Waals surface area contributed by atoms with Gasteiger partial charge < -0.3 is 24.3 Å². The van der Waals surface area contributed by atoms with Crippen molar-refractivity contribution >= 4 is 23.1 Å². The summed E-state index contributed by atoms with van der Waals surface area (Å²) in [5.74, 6) is 0.221. The topological polar surface area (TPSA) is 78.9 Å². The SMILES string of the molecule is COCOc1cc(NCc2ccccc2)c(Cl)cc1C(=O)c1ncccc1OCOC. The maximum Gasteiger partial charge on any atom is 0.218 e. The van der Waals surface area contributed by atoms with Gasteiger partial charge in [0, 0.05) is 33.0 Å². The van der Waals surface area contributed by atoms with Gasteiger partial charge in [-0.2, -0.15) is 0 Å². The molecule has 7 nitrogen and oxygen atoms in total. The van der Waals surface area contributed by atoms with E-state index in [1.54, 1.807) is 24.3 Å². The van der Waals surface area contributed by atoms with Gasteiger partial charge in [0.2, 0.25) is 5.78 Å². The van der Waals surface area contributed by atoms with Gasteiger partial charge in [0.05, 0.1) is 16.3 Å². The summed E-state index contributed by atoms with van der Waals surface area (Å²) in [6, 6.07) is 16.4. The number of ether oxygens (including phenoxy) is 4. The lowest BCUT2D eigenvalue weighted by Crippen LogP contribution is -2.12. The zero-order valence-corrected chi connectivity index (χ0v) is 18.0. The minimum atomic E-state index is -0.394. The second kappa shape index (κ2) is 11.3. The van der Waals surface area contributed by atoms with Crippen molar-refractivity contribution in [1.82, 2.24) is 4.98 Å². The lowest BCUT2D eigenvalue weighted by molar-refractivity contribution is 0.0492. The maximum atomic E-state index is 13.3. The molecule has 0 bridgehead atoms. The number of rotatable bonds is 11. The number of benzene rings is 2. The Balaban J connectivity index is 1.92. The van der Waals surface area contributed by atoms with E-state index in [1.807, 2.05) is 30.3 Å². The van der Waals surface area contributed by atoms with Crippen molar-refractivity contribution < 1.29 is 23.7 Å². The first-order valence-electron chi connectivity index (χ1n) is 9.48. The van der Waals surface area contributed by atoms with Crippen LogP contribution in [-0.4, -0.2) is 38.6 Å². The highest BCUT2D eigenvalue weighted by Crippen LogP contribution is 2.34. The van der Waals surface area contributed by atoms with Gasteiger partial charge in [0.25, 0.3) is 0 Å². The summed E-state index contributed by atoms with van der Waals surface area (Å²) in [5, 5.41) is 3.64. The molecule has 162 valence electrons. The van der Waals surface area contributed by atoms with Gasteiger partial charge in [-0.3, -0.25) is 4.79 Å². The molecule has 0 saturated heterocycles. The minimum Gasteiger partial charge on any atom is -0.467 e. The Labute approximate surface area is 185 Å². The average Bonchev–Trinajstić information content (AvgIpc) is 2.81. The summed E-state index contributed by atoms with van der Waals surface area (Å²) in [5.41, 5.74) is 2.09. The fourth-order valence-electron chi connectivity index (χ4n) is 2.83. The van der Waals surface area contributed by atoms with Crippen LogP contribution in [0.3, 0.4) is 0 Å². The van der Waals surface area contributed by atoms with Crippen LogP contribution in [0, 0.1) is 0 Å². The van der Waals surface area contributed by atoms with Crippen LogP contribution in [0.1, 0.15) is 21.6 Å². The fraction of sp³-hybridized carbons (Fsp3) is 0.217. The number of anilines is 1. The fourth-order valence-corrected chi connectivity index (χ4v) is 3.06. The van der Waals surface area contributed by atoms with E-state index in [-0.39, 0.29) is 24.8 Å². The molecule has 0 radical (unpaired) electrons. The van der Waals surface area contributed by atoms with Crippen molar-refractivity contribution in [2.24, 2.45) is 0 Å². The van der Waals surface area contributed by atoms with E-state index in [9.17, 15) is 4.79 Å². The Morgan fingerprint density at radius 1 is 0.968 bits per heavy atom. The molecule has 0 atom stereocenters. The van der Waals surface area contributed by atoms with Crippen LogP contribution >= 0.6 is 11.6 Å². The van der Waals surface area contributed by atoms with Crippen molar-refractivity contribution in [1.29, 1.82) is 0 Å². The van der Waals surface area contributed by atoms with Crippen LogP contribution < -0.4 is 14.8 Å². The number of carbonyl (C=O) groups excluding carboxylic acids is 1. The first kappa shape index (κ1) is 22.6. The van der Waals surface area contributed by atoms with E-state index < -0.39 is 5.78 Å². The Kier molecular flexibility index (Phi) is 8.23. The lowest BCUT2D eigenvalue weighted by Gasteiger charge is -2.16. The highest BCUT2D eigenvalue weighted by atomic mass is 35.5. The predicted octanol–water partition coefficient (Wildman–Crippen LogP) is 4.54. The van der Waals surface area contributed by atoms with Gasteiger partial charge in [-0.05, 0) is 23.8 Å². The zero-order valence-electron chi connectivity index (χ0n) is 17.3. The molecule has 1 heterocycles. The normalized spacial score (nSPS) is 10.5. The number of hydrogen-bond donors (Lipinski definition) is 1. The van der Waals surface area contributed by atoms with Gasteiger partial charge in [-0.1, -0.05) is 41.9 Å². The molecule has 0 amide bonds. The summed E-state index contributed by atoms with van der Waals surface area (Å²) < 4.78 is 21.1. The highest BCUT2D eigenvalue weighted by molar-refractivity contribution is 6.34. The van der Waals surface area contributed by atoms with Gasteiger partial charge in [-0.15, -0.1) is 0 Å². The monoisotopic (exact) mass is 442 g/mol. The van der Waals surface area contributed by atoms with Gasteiger partial charge in [-0.25, -0.2) is 4.98 Å². The molecule has 0 saturated carbocycles. The van der Waals surface area contributed by atoms with Crippen LogP contribution in [0.2, 0.25) is 5.02 Å². The average molecular weight is 443 g/mol.